The minimum atomic E-state index is -5.20. The third-order valence-electron chi connectivity index (χ3n) is 1.27. The SMILES string of the molecule is NC(=O)C[C@H](NC(=O)C(F)(F)F)C(=O)O. The van der Waals surface area contributed by atoms with Gasteiger partial charge in [-0.15, -0.1) is 0 Å². The van der Waals surface area contributed by atoms with Gasteiger partial charge in [0.1, 0.15) is 6.04 Å². The van der Waals surface area contributed by atoms with Gasteiger partial charge in [0, 0.05) is 0 Å². The maximum atomic E-state index is 11.7. The fourth-order valence-electron chi connectivity index (χ4n) is 0.641. The van der Waals surface area contributed by atoms with Crippen LogP contribution in [0.2, 0.25) is 0 Å². The maximum absolute atomic E-state index is 11.7. The van der Waals surface area contributed by atoms with Gasteiger partial charge < -0.3 is 16.2 Å². The molecule has 0 saturated carbocycles. The molecule has 9 heteroatoms. The largest absolute Gasteiger partial charge is 0.480 e. The van der Waals surface area contributed by atoms with Gasteiger partial charge in [0.25, 0.3) is 0 Å². The molecule has 6 nitrogen and oxygen atoms in total. The van der Waals surface area contributed by atoms with E-state index in [1.165, 1.54) is 0 Å². The van der Waals surface area contributed by atoms with E-state index in [-0.39, 0.29) is 0 Å². The molecule has 0 bridgehead atoms. The van der Waals surface area contributed by atoms with Gasteiger partial charge in [-0.05, 0) is 0 Å². The average molecular weight is 228 g/mol. The topological polar surface area (TPSA) is 109 Å². The molecule has 15 heavy (non-hydrogen) atoms. The summed E-state index contributed by atoms with van der Waals surface area (Å²) < 4.78 is 35.1. The van der Waals surface area contributed by atoms with Gasteiger partial charge in [0.15, 0.2) is 0 Å². The Kier molecular flexibility index (Phi) is 4.07. The molecule has 2 amide bonds. The van der Waals surface area contributed by atoms with Gasteiger partial charge in [0.2, 0.25) is 5.91 Å². The highest BCUT2D eigenvalue weighted by Crippen LogP contribution is 2.14. The fourth-order valence-corrected chi connectivity index (χ4v) is 0.641. The summed E-state index contributed by atoms with van der Waals surface area (Å²) in [7, 11) is 0. The number of carboxylic acid groups (broad SMARTS) is 1. The number of carboxylic acids is 1. The molecule has 1 atom stereocenters. The van der Waals surface area contributed by atoms with Crippen LogP contribution >= 0.6 is 0 Å². The Morgan fingerprint density at radius 3 is 2.07 bits per heavy atom. The van der Waals surface area contributed by atoms with Crippen LogP contribution < -0.4 is 11.1 Å². The maximum Gasteiger partial charge on any atom is 0.471 e. The number of carbonyl (C=O) groups excluding carboxylic acids is 2. The first kappa shape index (κ1) is 13.2. The molecule has 0 saturated heterocycles. The highest BCUT2D eigenvalue weighted by atomic mass is 19.4. The molecule has 0 aliphatic rings. The lowest BCUT2D eigenvalue weighted by atomic mass is 10.2. The first-order chi connectivity index (χ1) is 6.64. The lowest BCUT2D eigenvalue weighted by Crippen LogP contribution is -2.48. The zero-order valence-electron chi connectivity index (χ0n) is 7.17. The molecule has 86 valence electrons. The quantitative estimate of drug-likeness (QED) is 0.572. The minimum absolute atomic E-state index is 0.906. The zero-order chi connectivity index (χ0) is 12.2. The third kappa shape index (κ3) is 4.84. The summed E-state index contributed by atoms with van der Waals surface area (Å²) in [5, 5.41) is 9.47. The Morgan fingerprint density at radius 2 is 1.80 bits per heavy atom. The van der Waals surface area contributed by atoms with Crippen LogP contribution in [0.3, 0.4) is 0 Å². The molecule has 0 aromatic heterocycles. The summed E-state index contributed by atoms with van der Waals surface area (Å²) in [4.78, 5) is 30.9. The van der Waals surface area contributed by atoms with Gasteiger partial charge in [-0.25, -0.2) is 4.79 Å². The first-order valence-electron chi connectivity index (χ1n) is 3.53. The number of hydrogen-bond acceptors (Lipinski definition) is 3. The number of nitrogens with two attached hydrogens (primary N) is 1. The molecule has 0 unspecified atom stereocenters. The van der Waals surface area contributed by atoms with Crippen molar-refractivity contribution in [1.82, 2.24) is 5.32 Å². The summed E-state index contributed by atoms with van der Waals surface area (Å²) in [5.41, 5.74) is 4.58. The van der Waals surface area contributed by atoms with Crippen LogP contribution in [0.15, 0.2) is 0 Å². The smallest absolute Gasteiger partial charge is 0.471 e. The second-order valence-electron chi connectivity index (χ2n) is 2.53. The summed E-state index contributed by atoms with van der Waals surface area (Å²) in [6.45, 7) is 0. The Labute approximate surface area is 81.2 Å². The van der Waals surface area contributed by atoms with Crippen LogP contribution in [0.4, 0.5) is 13.2 Å². The van der Waals surface area contributed by atoms with Crippen LogP contribution in [0.5, 0.6) is 0 Å². The molecular formula is C6H7F3N2O4. The molecule has 0 aliphatic carbocycles. The van der Waals surface area contributed by atoms with Crippen LogP contribution in [-0.4, -0.2) is 35.1 Å². The number of carbonyl (C=O) groups is 3. The number of nitrogens with one attached hydrogen (secondary N) is 1. The van der Waals surface area contributed by atoms with Gasteiger partial charge in [-0.2, -0.15) is 13.2 Å². The molecule has 0 aromatic carbocycles. The molecule has 0 heterocycles. The normalized spacial score (nSPS) is 13.0. The molecule has 0 aromatic rings. The van der Waals surface area contributed by atoms with Crippen molar-refractivity contribution in [2.75, 3.05) is 0 Å². The molecular weight excluding hydrogens is 221 g/mol. The van der Waals surface area contributed by atoms with Crippen molar-refractivity contribution in [3.05, 3.63) is 0 Å². The van der Waals surface area contributed by atoms with Crippen molar-refractivity contribution in [1.29, 1.82) is 0 Å². The van der Waals surface area contributed by atoms with E-state index in [1.807, 2.05) is 0 Å². The summed E-state index contributed by atoms with van der Waals surface area (Å²) in [6.07, 6.45) is -6.11. The summed E-state index contributed by atoms with van der Waals surface area (Å²) in [6, 6.07) is -1.98. The number of halogens is 3. The standard InChI is InChI=1S/C6H7F3N2O4/c7-6(8,9)5(15)11-2(4(13)14)1-3(10)12/h2H,1H2,(H2,10,12)(H,11,15)(H,13,14)/t2-/m0/s1. The first-order valence-corrected chi connectivity index (χ1v) is 3.53. The van der Waals surface area contributed by atoms with Crippen LogP contribution in [0.1, 0.15) is 6.42 Å². The van der Waals surface area contributed by atoms with Crippen molar-refractivity contribution in [3.8, 4) is 0 Å². The van der Waals surface area contributed by atoms with E-state index < -0.39 is 36.4 Å². The number of amides is 2. The van der Waals surface area contributed by atoms with E-state index in [0.717, 1.165) is 5.32 Å². The minimum Gasteiger partial charge on any atom is -0.480 e. The van der Waals surface area contributed by atoms with E-state index >= 15 is 0 Å². The van der Waals surface area contributed by atoms with E-state index in [9.17, 15) is 27.6 Å². The molecule has 4 N–H and O–H groups in total. The summed E-state index contributed by atoms with van der Waals surface area (Å²) >= 11 is 0. The predicted octanol–water partition coefficient (Wildman–Crippen LogP) is -1.01. The molecule has 0 rings (SSSR count). The van der Waals surface area contributed by atoms with Crippen molar-refractivity contribution in [3.63, 3.8) is 0 Å². The average Bonchev–Trinajstić information content (AvgIpc) is 1.99. The van der Waals surface area contributed by atoms with Crippen molar-refractivity contribution in [2.45, 2.75) is 18.6 Å². The number of primary amides is 1. The molecule has 0 radical (unpaired) electrons. The second kappa shape index (κ2) is 4.62. The van der Waals surface area contributed by atoms with E-state index in [4.69, 9.17) is 5.11 Å². The van der Waals surface area contributed by atoms with Gasteiger partial charge >= 0.3 is 18.1 Å². The van der Waals surface area contributed by atoms with Gasteiger partial charge in [-0.1, -0.05) is 0 Å². The Morgan fingerprint density at radius 1 is 1.33 bits per heavy atom. The number of aliphatic carboxylic acids is 1. The van der Waals surface area contributed by atoms with Crippen molar-refractivity contribution >= 4 is 17.8 Å². The lowest BCUT2D eigenvalue weighted by molar-refractivity contribution is -0.175. The Balaban J connectivity index is 4.50. The van der Waals surface area contributed by atoms with Crippen molar-refractivity contribution in [2.24, 2.45) is 5.73 Å². The van der Waals surface area contributed by atoms with E-state index in [1.54, 1.807) is 0 Å². The fraction of sp³-hybridized carbons (Fsp3) is 0.500. The molecule has 0 spiro atoms. The molecule has 0 fully saturated rings. The third-order valence-corrected chi connectivity index (χ3v) is 1.27. The zero-order valence-corrected chi connectivity index (χ0v) is 7.17. The van der Waals surface area contributed by atoms with Crippen molar-refractivity contribution < 1.29 is 32.7 Å². The number of rotatable bonds is 4. The van der Waals surface area contributed by atoms with Crippen LogP contribution in [-0.2, 0) is 14.4 Å². The van der Waals surface area contributed by atoms with Crippen LogP contribution in [0, 0.1) is 0 Å². The van der Waals surface area contributed by atoms with E-state index in [2.05, 4.69) is 5.73 Å². The van der Waals surface area contributed by atoms with Gasteiger partial charge in [-0.3, -0.25) is 9.59 Å². The number of alkyl halides is 3. The highest BCUT2D eigenvalue weighted by Gasteiger charge is 2.41. The monoisotopic (exact) mass is 228 g/mol. The molecule has 0 aliphatic heterocycles. The Hall–Kier alpha value is -1.80. The van der Waals surface area contributed by atoms with Crippen LogP contribution in [0.25, 0.3) is 0 Å². The van der Waals surface area contributed by atoms with E-state index in [0.29, 0.717) is 0 Å². The van der Waals surface area contributed by atoms with Gasteiger partial charge in [0.05, 0.1) is 6.42 Å². The second-order valence-corrected chi connectivity index (χ2v) is 2.53. The number of hydrogen-bond donors (Lipinski definition) is 3. The predicted molar refractivity (Wildman–Crippen MR) is 39.4 cm³/mol. The highest BCUT2D eigenvalue weighted by molar-refractivity contribution is 5.90. The Bertz CT molecular complexity index is 289. The lowest BCUT2D eigenvalue weighted by Gasteiger charge is -2.13. The summed E-state index contributed by atoms with van der Waals surface area (Å²) in [5.74, 6) is -5.34.